The molecule has 1 heterocycles. The van der Waals surface area contributed by atoms with Crippen molar-refractivity contribution in [2.75, 3.05) is 14.2 Å². The Labute approximate surface area is 166 Å². The van der Waals surface area contributed by atoms with Crippen molar-refractivity contribution in [2.45, 2.75) is 13.5 Å². The molecule has 0 aliphatic rings. The zero-order chi connectivity index (χ0) is 21.0. The molecule has 0 fully saturated rings. The Morgan fingerprint density at radius 2 is 1.76 bits per heavy atom. The monoisotopic (exact) mass is 395 g/mol. The van der Waals surface area contributed by atoms with Crippen LogP contribution >= 0.6 is 0 Å². The fourth-order valence-electron chi connectivity index (χ4n) is 2.94. The average Bonchev–Trinajstić information content (AvgIpc) is 2.72. The number of nitrogens with zero attached hydrogens (tertiary/aromatic N) is 2. The summed E-state index contributed by atoms with van der Waals surface area (Å²) in [7, 11) is 3.09. The van der Waals surface area contributed by atoms with E-state index >= 15 is 0 Å². The van der Waals surface area contributed by atoms with E-state index in [4.69, 9.17) is 9.47 Å². The van der Waals surface area contributed by atoms with Crippen LogP contribution in [0.3, 0.4) is 0 Å². The highest BCUT2D eigenvalue weighted by molar-refractivity contribution is 6.00. The number of aromatic hydroxyl groups is 1. The molecule has 0 spiro atoms. The number of hydrogen-bond acceptors (Lipinski definition) is 6. The standard InChI is InChI=1S/C21H21N3O5/c1-13(22-12-14-6-4-5-7-17(14)29-3)18-19(25)23-21(27)24(20(18)26)15-8-10-16(28-2)11-9-15/h4-11,26H,12H2,1-3H3,(H,23,25,27). The van der Waals surface area contributed by atoms with Crippen LogP contribution in [0.2, 0.25) is 0 Å². The van der Waals surface area contributed by atoms with Crippen molar-refractivity contribution >= 4 is 5.71 Å². The number of para-hydroxylation sites is 1. The second-order valence-corrected chi connectivity index (χ2v) is 6.20. The topological polar surface area (TPSA) is 106 Å². The fraction of sp³-hybridized carbons (Fsp3) is 0.190. The van der Waals surface area contributed by atoms with E-state index < -0.39 is 17.1 Å². The van der Waals surface area contributed by atoms with Gasteiger partial charge in [0.2, 0.25) is 5.88 Å². The first-order chi connectivity index (χ1) is 14.0. The van der Waals surface area contributed by atoms with Gasteiger partial charge in [0.05, 0.1) is 32.2 Å². The Morgan fingerprint density at radius 1 is 1.07 bits per heavy atom. The van der Waals surface area contributed by atoms with Gasteiger partial charge in [0.1, 0.15) is 17.1 Å². The third kappa shape index (κ3) is 4.06. The van der Waals surface area contributed by atoms with E-state index in [0.717, 1.165) is 10.1 Å². The maximum absolute atomic E-state index is 12.4. The van der Waals surface area contributed by atoms with E-state index in [1.807, 2.05) is 24.3 Å². The van der Waals surface area contributed by atoms with E-state index in [-0.39, 0.29) is 17.8 Å². The number of benzene rings is 2. The van der Waals surface area contributed by atoms with Crippen molar-refractivity contribution in [3.63, 3.8) is 0 Å². The van der Waals surface area contributed by atoms with Crippen molar-refractivity contribution < 1.29 is 14.6 Å². The molecule has 0 atom stereocenters. The molecule has 8 nitrogen and oxygen atoms in total. The molecule has 0 amide bonds. The van der Waals surface area contributed by atoms with Crippen molar-refractivity contribution in [3.05, 3.63) is 80.5 Å². The third-order valence-corrected chi connectivity index (χ3v) is 4.46. The number of aromatic amines is 1. The molecule has 0 unspecified atom stereocenters. The first-order valence-electron chi connectivity index (χ1n) is 8.82. The highest BCUT2D eigenvalue weighted by Crippen LogP contribution is 2.21. The predicted octanol–water partition coefficient (Wildman–Crippen LogP) is 2.26. The Bertz CT molecular complexity index is 1160. The smallest absolute Gasteiger partial charge is 0.335 e. The molecule has 2 aromatic carbocycles. The summed E-state index contributed by atoms with van der Waals surface area (Å²) < 4.78 is 11.4. The minimum Gasteiger partial charge on any atom is -0.497 e. The van der Waals surface area contributed by atoms with Crippen LogP contribution in [0.25, 0.3) is 5.69 Å². The fourth-order valence-corrected chi connectivity index (χ4v) is 2.94. The van der Waals surface area contributed by atoms with Crippen molar-refractivity contribution in [2.24, 2.45) is 4.99 Å². The van der Waals surface area contributed by atoms with Crippen LogP contribution in [-0.2, 0) is 6.54 Å². The van der Waals surface area contributed by atoms with Crippen molar-refractivity contribution in [1.82, 2.24) is 9.55 Å². The van der Waals surface area contributed by atoms with Gasteiger partial charge in [-0.1, -0.05) is 18.2 Å². The number of rotatable bonds is 6. The number of aromatic nitrogens is 2. The highest BCUT2D eigenvalue weighted by Gasteiger charge is 2.18. The number of ether oxygens (including phenoxy) is 2. The number of methoxy groups -OCH3 is 2. The summed E-state index contributed by atoms with van der Waals surface area (Å²) in [5, 5.41) is 10.7. The Morgan fingerprint density at radius 3 is 2.41 bits per heavy atom. The van der Waals surface area contributed by atoms with Gasteiger partial charge in [-0.2, -0.15) is 0 Å². The molecule has 0 bridgehead atoms. The Kier molecular flexibility index (Phi) is 5.82. The van der Waals surface area contributed by atoms with E-state index in [2.05, 4.69) is 9.98 Å². The average molecular weight is 395 g/mol. The maximum Gasteiger partial charge on any atom is 0.335 e. The van der Waals surface area contributed by atoms with Crippen LogP contribution in [0.4, 0.5) is 0 Å². The lowest BCUT2D eigenvalue weighted by molar-refractivity contribution is 0.410. The summed E-state index contributed by atoms with van der Waals surface area (Å²) in [5.41, 5.74) is -0.0400. The number of hydrogen-bond donors (Lipinski definition) is 2. The molecule has 150 valence electrons. The van der Waals surface area contributed by atoms with Crippen LogP contribution in [-0.4, -0.2) is 34.6 Å². The SMILES string of the molecule is COc1ccc(-n2c(O)c(C(C)=NCc3ccccc3OC)c(=O)[nH]c2=O)cc1. The first kappa shape index (κ1) is 19.9. The molecule has 0 radical (unpaired) electrons. The molecule has 3 aromatic rings. The van der Waals surface area contributed by atoms with Gasteiger partial charge in [-0.3, -0.25) is 14.8 Å². The minimum atomic E-state index is -0.751. The lowest BCUT2D eigenvalue weighted by Gasteiger charge is -2.12. The van der Waals surface area contributed by atoms with Gasteiger partial charge in [-0.15, -0.1) is 0 Å². The van der Waals surface area contributed by atoms with Crippen molar-refractivity contribution in [3.8, 4) is 23.1 Å². The Hall–Kier alpha value is -3.81. The molecule has 1 aromatic heterocycles. The lowest BCUT2D eigenvalue weighted by Crippen LogP contribution is -2.32. The lowest BCUT2D eigenvalue weighted by atomic mass is 10.1. The summed E-state index contributed by atoms with van der Waals surface area (Å²) >= 11 is 0. The van der Waals surface area contributed by atoms with Crippen LogP contribution in [0.1, 0.15) is 18.1 Å². The summed E-state index contributed by atoms with van der Waals surface area (Å²) in [6.45, 7) is 1.85. The van der Waals surface area contributed by atoms with Gasteiger partial charge >= 0.3 is 5.69 Å². The molecule has 2 N–H and O–H groups in total. The molecular weight excluding hydrogens is 374 g/mol. The largest absolute Gasteiger partial charge is 0.497 e. The molecule has 0 aliphatic heterocycles. The van der Waals surface area contributed by atoms with Crippen LogP contribution in [0, 0.1) is 0 Å². The summed E-state index contributed by atoms with van der Waals surface area (Å²) in [5.74, 6) is 0.788. The molecule has 8 heteroatoms. The van der Waals surface area contributed by atoms with Gasteiger partial charge in [0.15, 0.2) is 0 Å². The summed E-state index contributed by atoms with van der Waals surface area (Å²) in [6.07, 6.45) is 0. The van der Waals surface area contributed by atoms with Gasteiger partial charge in [-0.25, -0.2) is 9.36 Å². The second kappa shape index (κ2) is 8.47. The van der Waals surface area contributed by atoms with Crippen LogP contribution in [0.15, 0.2) is 63.1 Å². The minimum absolute atomic E-state index is 0.0738. The number of H-pyrrole nitrogens is 1. The Balaban J connectivity index is 2.04. The molecule has 0 saturated heterocycles. The summed E-state index contributed by atoms with van der Waals surface area (Å²) in [4.78, 5) is 31.3. The number of aliphatic imine (C=N–C) groups is 1. The third-order valence-electron chi connectivity index (χ3n) is 4.46. The quantitative estimate of drug-likeness (QED) is 0.623. The normalized spacial score (nSPS) is 11.3. The molecule has 0 aliphatic carbocycles. The molecule has 29 heavy (non-hydrogen) atoms. The van der Waals surface area contributed by atoms with Crippen LogP contribution < -0.4 is 20.7 Å². The van der Waals surface area contributed by atoms with E-state index in [9.17, 15) is 14.7 Å². The van der Waals surface area contributed by atoms with E-state index in [1.165, 1.54) is 7.11 Å². The van der Waals surface area contributed by atoms with Gasteiger partial charge in [0, 0.05) is 5.56 Å². The predicted molar refractivity (Wildman–Crippen MR) is 110 cm³/mol. The molecule has 3 rings (SSSR count). The second-order valence-electron chi connectivity index (χ2n) is 6.20. The van der Waals surface area contributed by atoms with Crippen molar-refractivity contribution in [1.29, 1.82) is 0 Å². The highest BCUT2D eigenvalue weighted by atomic mass is 16.5. The molecule has 0 saturated carbocycles. The molecular formula is C21H21N3O5. The first-order valence-corrected chi connectivity index (χ1v) is 8.82. The van der Waals surface area contributed by atoms with Gasteiger partial charge in [-0.05, 0) is 37.3 Å². The van der Waals surface area contributed by atoms with Gasteiger partial charge in [0.25, 0.3) is 5.56 Å². The number of nitrogens with one attached hydrogen (secondary N) is 1. The zero-order valence-corrected chi connectivity index (χ0v) is 16.3. The zero-order valence-electron chi connectivity index (χ0n) is 16.3. The van der Waals surface area contributed by atoms with E-state index in [0.29, 0.717) is 17.2 Å². The van der Waals surface area contributed by atoms with E-state index in [1.54, 1.807) is 38.3 Å². The summed E-state index contributed by atoms with van der Waals surface area (Å²) in [6, 6.07) is 13.9. The maximum atomic E-state index is 12.4. The van der Waals surface area contributed by atoms with Crippen LogP contribution in [0.5, 0.6) is 17.4 Å². The van der Waals surface area contributed by atoms with Gasteiger partial charge < -0.3 is 14.6 Å².